The molecule has 1 atom stereocenters. The van der Waals surface area contributed by atoms with Gasteiger partial charge in [-0.05, 0) is 40.9 Å². The highest BCUT2D eigenvalue weighted by Gasteiger charge is 2.15. The second-order valence-electron chi connectivity index (χ2n) is 4.76. The zero-order valence-corrected chi connectivity index (χ0v) is 13.2. The van der Waals surface area contributed by atoms with Gasteiger partial charge in [-0.25, -0.2) is 10.8 Å². The number of nitrogens with zero attached hydrogens (tertiary/aromatic N) is 1. The molecule has 1 unspecified atom stereocenters. The molecule has 0 aliphatic heterocycles. The summed E-state index contributed by atoms with van der Waals surface area (Å²) in [4.78, 5) is 16.4. The van der Waals surface area contributed by atoms with Crippen LogP contribution in [0.2, 0.25) is 0 Å². The Morgan fingerprint density at radius 1 is 1.38 bits per heavy atom. The summed E-state index contributed by atoms with van der Waals surface area (Å²) >= 11 is 3.30. The van der Waals surface area contributed by atoms with Gasteiger partial charge in [0.25, 0.3) is 5.91 Å². The lowest BCUT2D eigenvalue weighted by Gasteiger charge is -2.15. The number of carbonyl (C=O) groups is 1. The highest BCUT2D eigenvalue weighted by molar-refractivity contribution is 9.10. The van der Waals surface area contributed by atoms with E-state index in [0.717, 1.165) is 10.9 Å². The first-order valence-electron chi connectivity index (χ1n) is 6.57. The summed E-state index contributed by atoms with van der Waals surface area (Å²) in [6.45, 7) is 1.96. The monoisotopic (exact) mass is 348 g/mol. The minimum atomic E-state index is -0.208. The molecule has 1 aromatic heterocycles. The van der Waals surface area contributed by atoms with Crippen molar-refractivity contribution in [1.82, 2.24) is 10.3 Å². The molecule has 4 N–H and O–H groups in total. The molecule has 0 bridgehead atoms. The molecule has 1 aromatic carbocycles. The summed E-state index contributed by atoms with van der Waals surface area (Å²) in [5.74, 6) is 5.53. The second kappa shape index (κ2) is 7.19. The van der Waals surface area contributed by atoms with Gasteiger partial charge in [-0.2, -0.15) is 0 Å². The molecule has 0 saturated heterocycles. The van der Waals surface area contributed by atoms with E-state index < -0.39 is 0 Å². The molecular formula is C15H17BrN4O. The van der Waals surface area contributed by atoms with E-state index in [1.807, 2.05) is 37.3 Å². The SMILES string of the molecule is CC(Cc1ccccc1)NC(=O)c1cc(Br)cnc1NN. The van der Waals surface area contributed by atoms with Crippen LogP contribution in [0.4, 0.5) is 5.82 Å². The van der Waals surface area contributed by atoms with Gasteiger partial charge in [0.05, 0.1) is 5.56 Å². The fourth-order valence-electron chi connectivity index (χ4n) is 2.05. The summed E-state index contributed by atoms with van der Waals surface area (Å²) in [7, 11) is 0. The van der Waals surface area contributed by atoms with E-state index in [2.05, 4.69) is 31.7 Å². The van der Waals surface area contributed by atoms with Crippen molar-refractivity contribution < 1.29 is 4.79 Å². The number of amides is 1. The third kappa shape index (κ3) is 4.27. The molecule has 0 saturated carbocycles. The molecule has 1 amide bonds. The quantitative estimate of drug-likeness (QED) is 0.572. The van der Waals surface area contributed by atoms with Gasteiger partial charge in [-0.1, -0.05) is 30.3 Å². The summed E-state index contributed by atoms with van der Waals surface area (Å²) < 4.78 is 0.724. The molecular weight excluding hydrogens is 332 g/mol. The number of rotatable bonds is 5. The Hall–Kier alpha value is -1.92. The van der Waals surface area contributed by atoms with Crippen molar-refractivity contribution in [2.24, 2.45) is 5.84 Å². The molecule has 2 rings (SSSR count). The number of anilines is 1. The third-order valence-corrected chi connectivity index (χ3v) is 3.43. The molecule has 0 aliphatic carbocycles. The predicted octanol–water partition coefficient (Wildman–Crippen LogP) is 2.49. The van der Waals surface area contributed by atoms with Gasteiger partial charge in [-0.3, -0.25) is 4.79 Å². The minimum absolute atomic E-state index is 0.00417. The number of hydrogen-bond donors (Lipinski definition) is 3. The van der Waals surface area contributed by atoms with Gasteiger partial charge in [0.15, 0.2) is 5.82 Å². The van der Waals surface area contributed by atoms with Crippen LogP contribution in [0.25, 0.3) is 0 Å². The topological polar surface area (TPSA) is 80.0 Å². The fourth-order valence-corrected chi connectivity index (χ4v) is 2.38. The number of nitrogen functional groups attached to an aromatic ring is 1. The molecule has 0 fully saturated rings. The Balaban J connectivity index is 2.06. The van der Waals surface area contributed by atoms with Crippen molar-refractivity contribution in [3.05, 3.63) is 58.2 Å². The molecule has 5 nitrogen and oxygen atoms in total. The van der Waals surface area contributed by atoms with Crippen LogP contribution in [0.15, 0.2) is 47.1 Å². The number of hydrazine groups is 1. The first kappa shape index (κ1) is 15.5. The maximum atomic E-state index is 12.3. The smallest absolute Gasteiger partial charge is 0.255 e. The molecule has 0 spiro atoms. The van der Waals surface area contributed by atoms with Gasteiger partial charge in [0, 0.05) is 16.7 Å². The van der Waals surface area contributed by atoms with Crippen molar-refractivity contribution in [2.45, 2.75) is 19.4 Å². The van der Waals surface area contributed by atoms with E-state index in [0.29, 0.717) is 11.4 Å². The van der Waals surface area contributed by atoms with Crippen LogP contribution in [0.3, 0.4) is 0 Å². The largest absolute Gasteiger partial charge is 0.349 e. The number of nitrogens with one attached hydrogen (secondary N) is 2. The van der Waals surface area contributed by atoms with Crippen LogP contribution in [-0.4, -0.2) is 16.9 Å². The van der Waals surface area contributed by atoms with E-state index in [-0.39, 0.29) is 11.9 Å². The predicted molar refractivity (Wildman–Crippen MR) is 86.8 cm³/mol. The average molecular weight is 349 g/mol. The standard InChI is InChI=1S/C15H17BrN4O/c1-10(7-11-5-3-2-4-6-11)19-15(21)13-8-12(16)9-18-14(13)20-17/h2-6,8-10H,7,17H2,1H3,(H,18,20)(H,19,21). The van der Waals surface area contributed by atoms with Gasteiger partial charge < -0.3 is 10.7 Å². The minimum Gasteiger partial charge on any atom is -0.349 e. The van der Waals surface area contributed by atoms with E-state index in [9.17, 15) is 4.79 Å². The Bertz CT molecular complexity index is 618. The number of benzene rings is 1. The summed E-state index contributed by atoms with van der Waals surface area (Å²) in [5.41, 5.74) is 4.02. The molecule has 2 aromatic rings. The van der Waals surface area contributed by atoms with E-state index >= 15 is 0 Å². The molecule has 110 valence electrons. The molecule has 1 heterocycles. The lowest BCUT2D eigenvalue weighted by atomic mass is 10.1. The van der Waals surface area contributed by atoms with Gasteiger partial charge in [0.1, 0.15) is 0 Å². The molecule has 21 heavy (non-hydrogen) atoms. The summed E-state index contributed by atoms with van der Waals surface area (Å²) in [6, 6.07) is 11.7. The third-order valence-electron chi connectivity index (χ3n) is 3.00. The van der Waals surface area contributed by atoms with Crippen LogP contribution >= 0.6 is 15.9 Å². The molecule has 0 aliphatic rings. The highest BCUT2D eigenvalue weighted by Crippen LogP contribution is 2.17. The van der Waals surface area contributed by atoms with Gasteiger partial charge in [0.2, 0.25) is 0 Å². The van der Waals surface area contributed by atoms with Crippen molar-refractivity contribution in [3.8, 4) is 0 Å². The molecule has 6 heteroatoms. The Morgan fingerprint density at radius 2 is 2.10 bits per heavy atom. The van der Waals surface area contributed by atoms with E-state index in [1.54, 1.807) is 12.3 Å². The summed E-state index contributed by atoms with van der Waals surface area (Å²) in [6.07, 6.45) is 2.35. The molecule has 0 radical (unpaired) electrons. The zero-order valence-electron chi connectivity index (χ0n) is 11.6. The van der Waals surface area contributed by atoms with Crippen molar-refractivity contribution >= 4 is 27.7 Å². The fraction of sp³-hybridized carbons (Fsp3) is 0.200. The van der Waals surface area contributed by atoms with Crippen LogP contribution in [0, 0.1) is 0 Å². The lowest BCUT2D eigenvalue weighted by molar-refractivity contribution is 0.0940. The first-order chi connectivity index (χ1) is 10.1. The Morgan fingerprint density at radius 3 is 2.76 bits per heavy atom. The van der Waals surface area contributed by atoms with Gasteiger partial charge in [-0.15, -0.1) is 0 Å². The zero-order chi connectivity index (χ0) is 15.2. The van der Waals surface area contributed by atoms with E-state index in [1.165, 1.54) is 5.56 Å². The number of halogens is 1. The highest BCUT2D eigenvalue weighted by atomic mass is 79.9. The Labute approximate surface area is 132 Å². The lowest BCUT2D eigenvalue weighted by Crippen LogP contribution is -2.35. The maximum Gasteiger partial charge on any atom is 0.255 e. The maximum absolute atomic E-state index is 12.3. The Kier molecular flexibility index (Phi) is 5.30. The number of hydrogen-bond acceptors (Lipinski definition) is 4. The van der Waals surface area contributed by atoms with Crippen molar-refractivity contribution in [2.75, 3.05) is 5.43 Å². The number of pyridine rings is 1. The first-order valence-corrected chi connectivity index (χ1v) is 7.36. The second-order valence-corrected chi connectivity index (χ2v) is 5.67. The van der Waals surface area contributed by atoms with Crippen LogP contribution in [0.1, 0.15) is 22.8 Å². The summed E-state index contributed by atoms with van der Waals surface area (Å²) in [5, 5.41) is 2.95. The number of nitrogens with two attached hydrogens (primary N) is 1. The van der Waals surface area contributed by atoms with Crippen molar-refractivity contribution in [3.63, 3.8) is 0 Å². The number of aromatic nitrogens is 1. The number of carbonyl (C=O) groups excluding carboxylic acids is 1. The van der Waals surface area contributed by atoms with Crippen LogP contribution < -0.4 is 16.6 Å². The van der Waals surface area contributed by atoms with E-state index in [4.69, 9.17) is 5.84 Å². The normalized spacial score (nSPS) is 11.8. The van der Waals surface area contributed by atoms with Crippen LogP contribution in [-0.2, 0) is 6.42 Å². The van der Waals surface area contributed by atoms with Crippen LogP contribution in [0.5, 0.6) is 0 Å². The van der Waals surface area contributed by atoms with Gasteiger partial charge >= 0.3 is 0 Å². The van der Waals surface area contributed by atoms with Crippen molar-refractivity contribution in [1.29, 1.82) is 0 Å². The average Bonchev–Trinajstić information content (AvgIpc) is 2.48.